The Balaban J connectivity index is 1.45. The molecule has 0 unspecified atom stereocenters. The largest absolute Gasteiger partial charge is 0.508 e. The van der Waals surface area contributed by atoms with Crippen LogP contribution in [0.3, 0.4) is 0 Å². The summed E-state index contributed by atoms with van der Waals surface area (Å²) in [6.07, 6.45) is -15.0. The molecule has 0 spiro atoms. The lowest BCUT2D eigenvalue weighted by Crippen LogP contribution is -2.62. The van der Waals surface area contributed by atoms with Crippen LogP contribution in [-0.2, 0) is 42.8 Å². The predicted molar refractivity (Wildman–Crippen MR) is 164 cm³/mol. The monoisotopic (exact) mass is 722 g/mol. The highest BCUT2D eigenvalue weighted by Crippen LogP contribution is 2.39. The Kier molecular flexibility index (Phi) is 10.9. The van der Waals surface area contributed by atoms with Crippen molar-refractivity contribution in [1.29, 1.82) is 0 Å². The number of rotatable bonds is 9. The second-order valence-corrected chi connectivity index (χ2v) is 11.6. The van der Waals surface area contributed by atoms with Crippen LogP contribution in [0.15, 0.2) is 39.5 Å². The van der Waals surface area contributed by atoms with Crippen LogP contribution in [0.25, 0.3) is 22.3 Å². The summed E-state index contributed by atoms with van der Waals surface area (Å²) in [6, 6.07) is 5.16. The van der Waals surface area contributed by atoms with Crippen molar-refractivity contribution in [3.05, 3.63) is 40.6 Å². The molecule has 9 atom stereocenters. The number of aliphatic hydroxyl groups excluding tert-OH is 3. The lowest BCUT2D eigenvalue weighted by Gasteiger charge is -2.42. The van der Waals surface area contributed by atoms with E-state index in [-0.39, 0.29) is 17.8 Å². The van der Waals surface area contributed by atoms with Crippen LogP contribution in [0.2, 0.25) is 0 Å². The number of phenolic OH excluding ortho intramolecular Hbond substituents is 4. The first-order valence-corrected chi connectivity index (χ1v) is 15.2. The Morgan fingerprint density at radius 3 is 2.10 bits per heavy atom. The molecule has 0 amide bonds. The number of ether oxygens (including phenoxy) is 7. The number of carbonyl (C=O) groups excluding carboxylic acids is 3. The fourth-order valence-corrected chi connectivity index (χ4v) is 5.54. The van der Waals surface area contributed by atoms with E-state index in [0.29, 0.717) is 0 Å². The smallest absolute Gasteiger partial charge is 0.303 e. The Labute approximate surface area is 286 Å². The van der Waals surface area contributed by atoms with Gasteiger partial charge in [0.15, 0.2) is 41.9 Å². The van der Waals surface area contributed by atoms with Gasteiger partial charge in [0.1, 0.15) is 46.9 Å². The van der Waals surface area contributed by atoms with Gasteiger partial charge in [-0.2, -0.15) is 0 Å². The number of carbonyl (C=O) groups is 3. The molecule has 2 saturated heterocycles. The van der Waals surface area contributed by atoms with Gasteiger partial charge in [0.2, 0.25) is 17.5 Å². The molecule has 2 aliphatic heterocycles. The Morgan fingerprint density at radius 1 is 0.784 bits per heavy atom. The summed E-state index contributed by atoms with van der Waals surface area (Å²) in [7, 11) is 0. The van der Waals surface area contributed by atoms with Crippen LogP contribution in [0.4, 0.5) is 0 Å². The molecule has 3 heterocycles. The van der Waals surface area contributed by atoms with Gasteiger partial charge >= 0.3 is 17.9 Å². The Morgan fingerprint density at radius 2 is 1.45 bits per heavy atom. The molecule has 5 rings (SSSR count). The van der Waals surface area contributed by atoms with E-state index < -0.39 is 125 Å². The van der Waals surface area contributed by atoms with Crippen molar-refractivity contribution in [2.45, 2.75) is 76.1 Å². The zero-order chi connectivity index (χ0) is 37.3. The van der Waals surface area contributed by atoms with Crippen LogP contribution in [0.5, 0.6) is 28.7 Å². The molecule has 19 nitrogen and oxygen atoms in total. The van der Waals surface area contributed by atoms with E-state index in [1.165, 1.54) is 6.07 Å². The van der Waals surface area contributed by atoms with Crippen LogP contribution in [-0.4, -0.2) is 122 Å². The van der Waals surface area contributed by atoms with E-state index in [1.807, 2.05) is 0 Å². The molecule has 51 heavy (non-hydrogen) atoms. The third-order valence-corrected chi connectivity index (χ3v) is 7.79. The fraction of sp³-hybridized carbons (Fsp3) is 0.438. The van der Waals surface area contributed by atoms with E-state index in [1.54, 1.807) is 0 Å². The second kappa shape index (κ2) is 15.0. The van der Waals surface area contributed by atoms with Crippen molar-refractivity contribution >= 4 is 28.9 Å². The molecule has 0 radical (unpaired) electrons. The quantitative estimate of drug-likeness (QED) is 0.0843. The number of aromatic hydroxyl groups is 4. The zero-order valence-electron chi connectivity index (χ0n) is 27.0. The summed E-state index contributed by atoms with van der Waals surface area (Å²) >= 11 is 0. The number of aliphatic hydroxyl groups is 3. The maximum absolute atomic E-state index is 13.7. The van der Waals surface area contributed by atoms with Crippen molar-refractivity contribution < 1.29 is 87.7 Å². The van der Waals surface area contributed by atoms with Crippen LogP contribution >= 0.6 is 0 Å². The average molecular weight is 723 g/mol. The van der Waals surface area contributed by atoms with Crippen molar-refractivity contribution in [2.24, 2.45) is 0 Å². The Bertz CT molecular complexity index is 1850. The molecule has 2 aromatic carbocycles. The zero-order valence-corrected chi connectivity index (χ0v) is 27.0. The highest BCUT2D eigenvalue weighted by molar-refractivity contribution is 5.88. The minimum Gasteiger partial charge on any atom is -0.508 e. The van der Waals surface area contributed by atoms with Gasteiger partial charge in [0.25, 0.3) is 0 Å². The minimum atomic E-state index is -2.03. The topological polar surface area (TPSA) is 288 Å². The van der Waals surface area contributed by atoms with E-state index in [2.05, 4.69) is 0 Å². The van der Waals surface area contributed by atoms with Gasteiger partial charge in [-0.25, -0.2) is 0 Å². The number of fused-ring (bicyclic) bond motifs is 1. The first-order chi connectivity index (χ1) is 24.0. The van der Waals surface area contributed by atoms with E-state index >= 15 is 0 Å². The lowest BCUT2D eigenvalue weighted by atomic mass is 9.99. The lowest BCUT2D eigenvalue weighted by molar-refractivity contribution is -0.310. The van der Waals surface area contributed by atoms with Gasteiger partial charge in [0.05, 0.1) is 13.2 Å². The van der Waals surface area contributed by atoms with E-state index in [0.717, 1.165) is 45.0 Å². The average Bonchev–Trinajstić information content (AvgIpc) is 3.04. The second-order valence-electron chi connectivity index (χ2n) is 11.6. The van der Waals surface area contributed by atoms with Crippen LogP contribution in [0.1, 0.15) is 20.8 Å². The first-order valence-electron chi connectivity index (χ1n) is 15.2. The Hall–Kier alpha value is -5.18. The van der Waals surface area contributed by atoms with Crippen molar-refractivity contribution in [2.75, 3.05) is 13.2 Å². The molecule has 0 aliphatic carbocycles. The number of phenols is 4. The molecule has 19 heteroatoms. The molecule has 2 fully saturated rings. The standard InChI is InChI=1S/C32H34O19/c1-11(33)46-21-10-45-32(30(48-13(3)35)28(21)47-12(2)34)44-9-20-23(40)25(42)26(43)31(50-20)51-29-24(41)22-18(39)7-15(36)8-19(22)49-27(29)14-4-5-16(37)17(38)6-14/h4-8,20-21,23,25-26,28,30-32,36-40,42-43H,9-10H2,1-3H3/t20-,21+,23-,25-,26-,28+,30-,31-,32-/m0/s1. The summed E-state index contributed by atoms with van der Waals surface area (Å²) in [4.78, 5) is 49.2. The summed E-state index contributed by atoms with van der Waals surface area (Å²) in [6.45, 7) is 2.14. The van der Waals surface area contributed by atoms with Gasteiger partial charge in [-0.05, 0) is 18.2 Å². The van der Waals surface area contributed by atoms with Crippen LogP contribution in [0, 0.1) is 0 Å². The summed E-state index contributed by atoms with van der Waals surface area (Å²) in [5.41, 5.74) is -1.44. The number of hydrogen-bond acceptors (Lipinski definition) is 19. The SMILES string of the molecule is CC(=O)O[C@@H]1[C@@H](OC[C@@H]2O[C@@H](Oc3c(-c4ccc(O)c(O)c4)oc4cc(O)cc(O)c4c3=O)[C@@H](O)[C@@H](O)[C@H]2O)OC[C@@H](OC(C)=O)[C@H]1OC(C)=O. The third-order valence-electron chi connectivity index (χ3n) is 7.79. The number of esters is 3. The molecular formula is C32H34O19. The van der Waals surface area contributed by atoms with Gasteiger partial charge in [-0.15, -0.1) is 0 Å². The van der Waals surface area contributed by atoms with Crippen molar-refractivity contribution in [1.82, 2.24) is 0 Å². The highest BCUT2D eigenvalue weighted by atomic mass is 16.7. The summed E-state index contributed by atoms with van der Waals surface area (Å²) < 4.78 is 44.3. The van der Waals surface area contributed by atoms with E-state index in [4.69, 9.17) is 37.6 Å². The molecule has 2 aliphatic rings. The normalized spacial score (nSPS) is 27.8. The maximum Gasteiger partial charge on any atom is 0.303 e. The first kappa shape index (κ1) is 37.1. The molecule has 276 valence electrons. The maximum atomic E-state index is 13.7. The minimum absolute atomic E-state index is 0.0618. The van der Waals surface area contributed by atoms with Crippen molar-refractivity contribution in [3.8, 4) is 40.1 Å². The van der Waals surface area contributed by atoms with E-state index in [9.17, 15) is 54.9 Å². The molecule has 0 saturated carbocycles. The molecular weight excluding hydrogens is 688 g/mol. The van der Waals surface area contributed by atoms with Gasteiger partial charge < -0.3 is 73.3 Å². The summed E-state index contributed by atoms with van der Waals surface area (Å²) in [5.74, 6) is -5.92. The molecule has 0 bridgehead atoms. The molecule has 3 aromatic rings. The highest BCUT2D eigenvalue weighted by Gasteiger charge is 2.50. The van der Waals surface area contributed by atoms with Gasteiger partial charge in [-0.3, -0.25) is 19.2 Å². The summed E-state index contributed by atoms with van der Waals surface area (Å²) in [5, 5.41) is 72.3. The van der Waals surface area contributed by atoms with Crippen LogP contribution < -0.4 is 10.2 Å². The number of benzene rings is 2. The predicted octanol–water partition coefficient (Wildman–Crippen LogP) is -0.363. The number of hydrogen-bond donors (Lipinski definition) is 7. The molecule has 7 N–H and O–H groups in total. The van der Waals surface area contributed by atoms with Gasteiger partial charge in [-0.1, -0.05) is 0 Å². The molecule has 1 aromatic heterocycles. The third kappa shape index (κ3) is 7.93. The fourth-order valence-electron chi connectivity index (χ4n) is 5.54. The van der Waals surface area contributed by atoms with Crippen molar-refractivity contribution in [3.63, 3.8) is 0 Å². The van der Waals surface area contributed by atoms with Gasteiger partial charge in [0, 0.05) is 38.5 Å².